The minimum Gasteiger partial charge on any atom is -0.352 e. The van der Waals surface area contributed by atoms with E-state index in [9.17, 15) is 30.8 Å². The van der Waals surface area contributed by atoms with Crippen molar-refractivity contribution in [3.63, 3.8) is 0 Å². The van der Waals surface area contributed by atoms with Gasteiger partial charge in [-0.05, 0) is 56.2 Å². The van der Waals surface area contributed by atoms with E-state index in [-0.39, 0.29) is 11.4 Å². The van der Waals surface area contributed by atoms with Crippen LogP contribution in [-0.4, -0.2) is 34.3 Å². The topological polar surface area (TPSA) is 93.9 Å². The van der Waals surface area contributed by atoms with E-state index in [2.05, 4.69) is 15.4 Å². The van der Waals surface area contributed by atoms with Gasteiger partial charge in [0, 0.05) is 18.3 Å². The van der Waals surface area contributed by atoms with Crippen LogP contribution >= 0.6 is 0 Å². The molecule has 0 radical (unpaired) electrons. The normalized spacial score (nSPS) is 18.5. The second kappa shape index (κ2) is 9.40. The van der Waals surface area contributed by atoms with E-state index in [0.717, 1.165) is 24.4 Å². The molecule has 35 heavy (non-hydrogen) atoms. The molecular formula is C23H22F4N4O3S. The van der Waals surface area contributed by atoms with Gasteiger partial charge in [-0.3, -0.25) is 4.79 Å². The molecule has 1 aliphatic rings. The summed E-state index contributed by atoms with van der Waals surface area (Å²) < 4.78 is 78.9. The van der Waals surface area contributed by atoms with Gasteiger partial charge in [-0.2, -0.15) is 18.3 Å². The van der Waals surface area contributed by atoms with Crippen molar-refractivity contribution in [2.75, 3.05) is 0 Å². The number of hydrogen-bond donors (Lipinski definition) is 1. The van der Waals surface area contributed by atoms with E-state index in [4.69, 9.17) is 0 Å². The number of pyridine rings is 1. The highest BCUT2D eigenvalue weighted by Crippen LogP contribution is 2.35. The summed E-state index contributed by atoms with van der Waals surface area (Å²) in [5.41, 5.74) is 0.473. The van der Waals surface area contributed by atoms with Crippen molar-refractivity contribution in [3.8, 4) is 5.69 Å². The van der Waals surface area contributed by atoms with Crippen molar-refractivity contribution in [1.82, 2.24) is 20.1 Å². The maximum absolute atomic E-state index is 13.2. The van der Waals surface area contributed by atoms with E-state index in [1.54, 1.807) is 13.1 Å². The Morgan fingerprint density at radius 3 is 2.49 bits per heavy atom. The van der Waals surface area contributed by atoms with Gasteiger partial charge < -0.3 is 5.32 Å². The third-order valence-corrected chi connectivity index (χ3v) is 8.38. The SMILES string of the molecule is Cc1nn(-c2ccc(C(F)(F)F)nc2)cc1CNC(=O)[C@@H]1CCC[C@@H]1S(=O)(=O)c1ccc(F)cc1. The number of aryl methyl sites for hydroxylation is 1. The van der Waals surface area contributed by atoms with Gasteiger partial charge in [0.05, 0.1) is 33.6 Å². The van der Waals surface area contributed by atoms with Crippen LogP contribution < -0.4 is 5.32 Å². The summed E-state index contributed by atoms with van der Waals surface area (Å²) in [6.45, 7) is 1.76. The monoisotopic (exact) mass is 510 g/mol. The molecule has 0 aliphatic heterocycles. The molecule has 1 N–H and O–H groups in total. The van der Waals surface area contributed by atoms with E-state index < -0.39 is 44.6 Å². The van der Waals surface area contributed by atoms with Gasteiger partial charge in [0.1, 0.15) is 11.5 Å². The Morgan fingerprint density at radius 1 is 1.14 bits per heavy atom. The molecule has 186 valence electrons. The Hall–Kier alpha value is -3.28. The third kappa shape index (κ3) is 5.21. The van der Waals surface area contributed by atoms with Crippen LogP contribution in [0.1, 0.15) is 36.2 Å². The van der Waals surface area contributed by atoms with Crippen LogP contribution in [0.15, 0.2) is 53.7 Å². The Bertz CT molecular complexity index is 1320. The molecule has 0 unspecified atom stereocenters. The lowest BCUT2D eigenvalue weighted by Gasteiger charge is -2.19. The smallest absolute Gasteiger partial charge is 0.352 e. The van der Waals surface area contributed by atoms with E-state index in [0.29, 0.717) is 36.2 Å². The van der Waals surface area contributed by atoms with E-state index >= 15 is 0 Å². The predicted octanol–water partition coefficient (Wildman–Crippen LogP) is 3.99. The number of amides is 1. The number of benzene rings is 1. The van der Waals surface area contributed by atoms with Gasteiger partial charge in [0.2, 0.25) is 5.91 Å². The fraction of sp³-hybridized carbons (Fsp3) is 0.348. The number of aromatic nitrogens is 3. The molecule has 2 aromatic heterocycles. The lowest BCUT2D eigenvalue weighted by molar-refractivity contribution is -0.141. The number of halogens is 4. The fourth-order valence-electron chi connectivity index (χ4n) is 4.20. The first kappa shape index (κ1) is 24.8. The number of alkyl halides is 3. The molecule has 2 atom stereocenters. The molecule has 4 rings (SSSR count). The zero-order valence-electron chi connectivity index (χ0n) is 18.6. The zero-order valence-corrected chi connectivity index (χ0v) is 19.4. The number of nitrogens with zero attached hydrogens (tertiary/aromatic N) is 3. The second-order valence-corrected chi connectivity index (χ2v) is 10.5. The van der Waals surface area contributed by atoms with Crippen molar-refractivity contribution in [3.05, 3.63) is 71.6 Å². The quantitative estimate of drug-likeness (QED) is 0.400. The van der Waals surface area contributed by atoms with Crippen LogP contribution in [0.2, 0.25) is 0 Å². The lowest BCUT2D eigenvalue weighted by atomic mass is 10.1. The first-order chi connectivity index (χ1) is 16.5. The van der Waals surface area contributed by atoms with Gasteiger partial charge >= 0.3 is 6.18 Å². The average Bonchev–Trinajstić information content (AvgIpc) is 3.45. The molecule has 0 spiro atoms. The van der Waals surface area contributed by atoms with Crippen molar-refractivity contribution in [1.29, 1.82) is 0 Å². The summed E-state index contributed by atoms with van der Waals surface area (Å²) in [5.74, 6) is -1.71. The van der Waals surface area contributed by atoms with Gasteiger partial charge in [0.15, 0.2) is 9.84 Å². The molecule has 2 heterocycles. The minimum absolute atomic E-state index is 0.0223. The number of carbonyl (C=O) groups excluding carboxylic acids is 1. The Morgan fingerprint density at radius 2 is 1.86 bits per heavy atom. The highest BCUT2D eigenvalue weighted by molar-refractivity contribution is 7.92. The van der Waals surface area contributed by atoms with Crippen LogP contribution in [0.3, 0.4) is 0 Å². The van der Waals surface area contributed by atoms with E-state index in [1.807, 2.05) is 0 Å². The van der Waals surface area contributed by atoms with Crippen LogP contribution in [0.25, 0.3) is 5.69 Å². The van der Waals surface area contributed by atoms with Crippen LogP contribution in [0, 0.1) is 18.7 Å². The van der Waals surface area contributed by atoms with Crippen LogP contribution in [0.5, 0.6) is 0 Å². The van der Waals surface area contributed by atoms with Gasteiger partial charge in [0.25, 0.3) is 0 Å². The molecular weight excluding hydrogens is 488 g/mol. The summed E-state index contributed by atoms with van der Waals surface area (Å²) in [6.07, 6.45) is -0.609. The molecule has 12 heteroatoms. The van der Waals surface area contributed by atoms with Gasteiger partial charge in [-0.25, -0.2) is 22.5 Å². The third-order valence-electron chi connectivity index (χ3n) is 6.09. The summed E-state index contributed by atoms with van der Waals surface area (Å²) in [6, 6.07) is 6.65. The Kier molecular flexibility index (Phi) is 6.67. The highest BCUT2D eigenvalue weighted by Gasteiger charge is 2.42. The zero-order chi connectivity index (χ0) is 25.4. The molecule has 1 fully saturated rings. The Balaban J connectivity index is 1.45. The average molecular weight is 511 g/mol. The molecule has 1 aromatic carbocycles. The molecule has 1 amide bonds. The van der Waals surface area contributed by atoms with E-state index in [1.165, 1.54) is 22.9 Å². The van der Waals surface area contributed by atoms with Gasteiger partial charge in [-0.1, -0.05) is 6.42 Å². The molecule has 0 saturated heterocycles. The number of rotatable bonds is 6. The second-order valence-electron chi connectivity index (χ2n) is 8.38. The number of hydrogen-bond acceptors (Lipinski definition) is 5. The molecule has 0 bridgehead atoms. The molecule has 1 saturated carbocycles. The van der Waals surface area contributed by atoms with Crippen molar-refractivity contribution >= 4 is 15.7 Å². The predicted molar refractivity (Wildman–Crippen MR) is 118 cm³/mol. The molecule has 1 aliphatic carbocycles. The highest BCUT2D eigenvalue weighted by atomic mass is 32.2. The maximum Gasteiger partial charge on any atom is 0.433 e. The van der Waals surface area contributed by atoms with Crippen LogP contribution in [0.4, 0.5) is 17.6 Å². The summed E-state index contributed by atoms with van der Waals surface area (Å²) >= 11 is 0. The van der Waals surface area contributed by atoms with Crippen LogP contribution in [-0.2, 0) is 27.4 Å². The van der Waals surface area contributed by atoms with Crippen molar-refractivity contribution in [2.24, 2.45) is 5.92 Å². The number of nitrogens with one attached hydrogen (secondary N) is 1. The van der Waals surface area contributed by atoms with Crippen molar-refractivity contribution in [2.45, 2.75) is 49.1 Å². The maximum atomic E-state index is 13.2. The largest absolute Gasteiger partial charge is 0.433 e. The summed E-state index contributed by atoms with van der Waals surface area (Å²) in [7, 11) is -3.82. The molecule has 7 nitrogen and oxygen atoms in total. The van der Waals surface area contributed by atoms with Crippen molar-refractivity contribution < 1.29 is 30.8 Å². The fourth-order valence-corrected chi connectivity index (χ4v) is 6.23. The number of sulfone groups is 1. The first-order valence-corrected chi connectivity index (χ1v) is 12.4. The number of carbonyl (C=O) groups is 1. The standard InChI is InChI=1S/C23H22F4N4O3S/c1-14-15(13-31(30-14)17-7-10-21(28-12-17)23(25,26)27)11-29-22(32)19-3-2-4-20(19)35(33,34)18-8-5-16(24)6-9-18/h5-10,12-13,19-20H,2-4,11H2,1H3,(H,29,32)/t19-,20+/m1/s1. The lowest BCUT2D eigenvalue weighted by Crippen LogP contribution is -2.38. The molecule has 3 aromatic rings. The summed E-state index contributed by atoms with van der Waals surface area (Å²) in [5, 5.41) is 6.12. The summed E-state index contributed by atoms with van der Waals surface area (Å²) in [4.78, 5) is 16.3. The first-order valence-electron chi connectivity index (χ1n) is 10.8. The van der Waals surface area contributed by atoms with Gasteiger partial charge in [-0.15, -0.1) is 0 Å². The minimum atomic E-state index is -4.55. The Labute approximate surface area is 199 Å².